The molecule has 0 aromatic heterocycles. The van der Waals surface area contributed by atoms with E-state index in [0.29, 0.717) is 10.0 Å². The van der Waals surface area contributed by atoms with Gasteiger partial charge < -0.3 is 0 Å². The first-order chi connectivity index (χ1) is 6.77. The molecule has 14 heavy (non-hydrogen) atoms. The van der Waals surface area contributed by atoms with Crippen LogP contribution >= 0.6 is 35.0 Å². The normalized spacial score (nSPS) is 17.6. The van der Waals surface area contributed by atoms with Crippen molar-refractivity contribution in [3.63, 3.8) is 0 Å². The Balaban J connectivity index is 2.11. The molecule has 1 aromatic carbocycles. The summed E-state index contributed by atoms with van der Waals surface area (Å²) in [5, 5.41) is 1.92. The van der Waals surface area contributed by atoms with Crippen LogP contribution < -0.4 is 0 Å². The van der Waals surface area contributed by atoms with E-state index in [2.05, 4.69) is 6.07 Å². The molecule has 0 bridgehead atoms. The van der Waals surface area contributed by atoms with Crippen LogP contribution in [0.2, 0.25) is 10.0 Å². The van der Waals surface area contributed by atoms with Gasteiger partial charge in [-0.1, -0.05) is 42.1 Å². The number of benzene rings is 1. The summed E-state index contributed by atoms with van der Waals surface area (Å²) in [6.07, 6.45) is 5.30. The van der Waals surface area contributed by atoms with Gasteiger partial charge in [0.25, 0.3) is 0 Å². The Morgan fingerprint density at radius 1 is 1.29 bits per heavy atom. The molecule has 1 aromatic rings. The minimum absolute atomic E-state index is 0.537. The van der Waals surface area contributed by atoms with Crippen LogP contribution in [-0.4, -0.2) is 5.25 Å². The molecule has 75 valence electrons. The summed E-state index contributed by atoms with van der Waals surface area (Å²) in [5.74, 6) is 0. The van der Waals surface area contributed by atoms with Gasteiger partial charge in [0, 0.05) is 16.2 Å². The summed E-state index contributed by atoms with van der Waals surface area (Å²) in [4.78, 5) is 1.10. The van der Waals surface area contributed by atoms with E-state index < -0.39 is 0 Å². The largest absolute Gasteiger partial charge is 0.121 e. The molecule has 1 fully saturated rings. The monoisotopic (exact) mass is 245 g/mol. The van der Waals surface area contributed by atoms with Gasteiger partial charge in [-0.05, 0) is 18.9 Å². The smallest absolute Gasteiger partial charge is 0.0734 e. The first-order valence-corrected chi connectivity index (χ1v) is 6.43. The summed E-state index contributed by atoms with van der Waals surface area (Å²) >= 11 is 13.8. The van der Waals surface area contributed by atoms with Crippen LogP contribution in [0.15, 0.2) is 17.0 Å². The molecule has 1 aliphatic carbocycles. The first-order valence-electron chi connectivity index (χ1n) is 4.79. The Labute approximate surface area is 99.0 Å². The van der Waals surface area contributed by atoms with E-state index in [0.717, 1.165) is 10.1 Å². The summed E-state index contributed by atoms with van der Waals surface area (Å²) < 4.78 is 0. The van der Waals surface area contributed by atoms with Crippen LogP contribution in [0.25, 0.3) is 0 Å². The number of hydrogen-bond acceptors (Lipinski definition) is 1. The molecule has 2 rings (SSSR count). The third-order valence-electron chi connectivity index (χ3n) is 2.45. The van der Waals surface area contributed by atoms with Gasteiger partial charge in [-0.25, -0.2) is 0 Å². The highest BCUT2D eigenvalue weighted by Gasteiger charge is 2.17. The van der Waals surface area contributed by atoms with E-state index in [1.165, 1.54) is 25.7 Å². The maximum absolute atomic E-state index is 6.09. The molecule has 0 saturated heterocycles. The highest BCUT2D eigenvalue weighted by Crippen LogP contribution is 2.39. The van der Waals surface area contributed by atoms with Crippen molar-refractivity contribution in [2.24, 2.45) is 0 Å². The number of thioether (sulfide) groups is 1. The van der Waals surface area contributed by atoms with Gasteiger partial charge in [0.2, 0.25) is 0 Å². The average molecular weight is 246 g/mol. The lowest BCUT2D eigenvalue weighted by atomic mass is 10.4. The topological polar surface area (TPSA) is 0 Å². The standard InChI is InChI=1S/C11H11Cl2S/c12-9-6-3-7-10(11(9)13)14-8-4-1-2-5-8/h3,7-8H,1-2,4-5H2. The third-order valence-corrected chi connectivity index (χ3v) is 4.75. The van der Waals surface area contributed by atoms with Gasteiger partial charge in [-0.15, -0.1) is 11.8 Å². The van der Waals surface area contributed by atoms with Crippen LogP contribution in [0, 0.1) is 6.07 Å². The SMILES string of the molecule is Clc1[c]ccc(SC2CCCC2)c1Cl. The van der Waals surface area contributed by atoms with Crippen molar-refractivity contribution in [1.29, 1.82) is 0 Å². The maximum Gasteiger partial charge on any atom is 0.0734 e. The van der Waals surface area contributed by atoms with Gasteiger partial charge in [0.05, 0.1) is 10.0 Å². The summed E-state index contributed by atoms with van der Waals surface area (Å²) in [5.41, 5.74) is 0. The van der Waals surface area contributed by atoms with Crippen LogP contribution in [0.4, 0.5) is 0 Å². The quantitative estimate of drug-likeness (QED) is 0.720. The van der Waals surface area contributed by atoms with Crippen molar-refractivity contribution in [2.45, 2.75) is 35.8 Å². The Morgan fingerprint density at radius 2 is 2.00 bits per heavy atom. The van der Waals surface area contributed by atoms with Crippen molar-refractivity contribution in [1.82, 2.24) is 0 Å². The van der Waals surface area contributed by atoms with Crippen LogP contribution in [0.3, 0.4) is 0 Å². The lowest BCUT2D eigenvalue weighted by Crippen LogP contribution is -1.93. The molecule has 0 heterocycles. The minimum atomic E-state index is 0.537. The van der Waals surface area contributed by atoms with Gasteiger partial charge in [-0.2, -0.15) is 0 Å². The van der Waals surface area contributed by atoms with E-state index in [9.17, 15) is 0 Å². The molecule has 1 aliphatic rings. The van der Waals surface area contributed by atoms with Crippen molar-refractivity contribution < 1.29 is 0 Å². The van der Waals surface area contributed by atoms with Gasteiger partial charge in [0.1, 0.15) is 0 Å². The zero-order valence-corrected chi connectivity index (χ0v) is 10.1. The summed E-state index contributed by atoms with van der Waals surface area (Å²) in [6.45, 7) is 0. The third kappa shape index (κ3) is 2.39. The van der Waals surface area contributed by atoms with Crippen LogP contribution in [0.5, 0.6) is 0 Å². The van der Waals surface area contributed by atoms with Crippen molar-refractivity contribution in [3.05, 3.63) is 28.2 Å². The van der Waals surface area contributed by atoms with Crippen LogP contribution in [-0.2, 0) is 0 Å². The fourth-order valence-electron chi connectivity index (χ4n) is 1.71. The van der Waals surface area contributed by atoms with Crippen molar-refractivity contribution in [2.75, 3.05) is 0 Å². The maximum atomic E-state index is 6.09. The van der Waals surface area contributed by atoms with Crippen molar-refractivity contribution in [3.8, 4) is 0 Å². The second kappa shape index (κ2) is 4.78. The molecule has 0 N–H and O–H groups in total. The van der Waals surface area contributed by atoms with E-state index in [4.69, 9.17) is 23.2 Å². The number of rotatable bonds is 2. The fourth-order valence-corrected chi connectivity index (χ4v) is 3.46. The van der Waals surface area contributed by atoms with E-state index in [-0.39, 0.29) is 0 Å². The lowest BCUT2D eigenvalue weighted by molar-refractivity contribution is 0.886. The molecule has 0 nitrogen and oxygen atoms in total. The fraction of sp³-hybridized carbons (Fsp3) is 0.455. The molecule has 0 spiro atoms. The van der Waals surface area contributed by atoms with Gasteiger partial charge >= 0.3 is 0 Å². The van der Waals surface area contributed by atoms with Crippen LogP contribution in [0.1, 0.15) is 25.7 Å². The summed E-state index contributed by atoms with van der Waals surface area (Å²) in [6, 6.07) is 6.72. The molecule has 3 heteroatoms. The summed E-state index contributed by atoms with van der Waals surface area (Å²) in [7, 11) is 0. The zero-order valence-electron chi connectivity index (χ0n) is 7.72. The number of halogens is 2. The predicted octanol–water partition coefficient (Wildman–Crippen LogP) is 4.83. The molecular weight excluding hydrogens is 235 g/mol. The molecule has 0 unspecified atom stereocenters. The van der Waals surface area contributed by atoms with E-state index >= 15 is 0 Å². The highest BCUT2D eigenvalue weighted by molar-refractivity contribution is 8.00. The van der Waals surface area contributed by atoms with E-state index in [1.807, 2.05) is 23.9 Å². The molecule has 0 aliphatic heterocycles. The molecule has 0 amide bonds. The van der Waals surface area contributed by atoms with Crippen molar-refractivity contribution >= 4 is 35.0 Å². The van der Waals surface area contributed by atoms with Gasteiger partial charge in [0.15, 0.2) is 0 Å². The molecular formula is C11H11Cl2S. The lowest BCUT2D eigenvalue weighted by Gasteiger charge is -2.10. The molecule has 0 atom stereocenters. The zero-order chi connectivity index (χ0) is 9.97. The molecule has 1 radical (unpaired) electrons. The van der Waals surface area contributed by atoms with E-state index in [1.54, 1.807) is 0 Å². The minimum Gasteiger partial charge on any atom is -0.121 e. The Hall–Kier alpha value is 0.150. The van der Waals surface area contributed by atoms with Gasteiger partial charge in [-0.3, -0.25) is 0 Å². The highest BCUT2D eigenvalue weighted by atomic mass is 35.5. The predicted molar refractivity (Wildman–Crippen MR) is 63.4 cm³/mol. The average Bonchev–Trinajstić information content (AvgIpc) is 2.66. The second-order valence-electron chi connectivity index (χ2n) is 3.49. The Bertz CT molecular complexity index is 319. The Kier molecular flexibility index (Phi) is 3.64. The first kappa shape index (κ1) is 10.7. The Morgan fingerprint density at radius 3 is 2.71 bits per heavy atom. The second-order valence-corrected chi connectivity index (χ2v) is 5.59. The molecule has 1 saturated carbocycles. The number of hydrogen-bond donors (Lipinski definition) is 0.